The first-order chi connectivity index (χ1) is 12.8. The highest BCUT2D eigenvalue weighted by atomic mass is 35.5. The summed E-state index contributed by atoms with van der Waals surface area (Å²) in [7, 11) is -3.88. The van der Waals surface area contributed by atoms with Gasteiger partial charge in [-0.3, -0.25) is 9.52 Å². The van der Waals surface area contributed by atoms with Gasteiger partial charge in [-0.1, -0.05) is 29.8 Å². The van der Waals surface area contributed by atoms with E-state index in [9.17, 15) is 17.6 Å². The Labute approximate surface area is 160 Å². The molecule has 27 heavy (non-hydrogen) atoms. The molecule has 0 aromatic heterocycles. The summed E-state index contributed by atoms with van der Waals surface area (Å²) in [6.07, 6.45) is 0. The van der Waals surface area contributed by atoms with Crippen LogP contribution in [0.15, 0.2) is 77.7 Å². The topological polar surface area (TPSA) is 75.3 Å². The fourth-order valence-corrected chi connectivity index (χ4v) is 3.60. The van der Waals surface area contributed by atoms with E-state index in [1.807, 2.05) is 0 Å². The smallest absolute Gasteiger partial charge is 0.261 e. The zero-order valence-electron chi connectivity index (χ0n) is 13.8. The normalized spacial score (nSPS) is 11.0. The van der Waals surface area contributed by atoms with Gasteiger partial charge in [0.25, 0.3) is 15.9 Å². The minimum Gasteiger partial charge on any atom is -0.322 e. The van der Waals surface area contributed by atoms with Crippen molar-refractivity contribution in [2.24, 2.45) is 0 Å². The zero-order valence-corrected chi connectivity index (χ0v) is 15.4. The van der Waals surface area contributed by atoms with Crippen LogP contribution in [-0.2, 0) is 10.0 Å². The Balaban J connectivity index is 1.75. The Morgan fingerprint density at radius 3 is 2.26 bits per heavy atom. The molecular formula is C19H14ClFN2O3S. The second-order valence-corrected chi connectivity index (χ2v) is 7.66. The van der Waals surface area contributed by atoms with Gasteiger partial charge >= 0.3 is 0 Å². The monoisotopic (exact) mass is 404 g/mol. The molecule has 3 rings (SSSR count). The number of hydrogen-bond acceptors (Lipinski definition) is 3. The molecule has 0 radical (unpaired) electrons. The number of halogens is 2. The van der Waals surface area contributed by atoms with Crippen molar-refractivity contribution in [1.82, 2.24) is 0 Å². The molecule has 3 aromatic carbocycles. The first kappa shape index (κ1) is 18.9. The number of amides is 1. The molecule has 0 fully saturated rings. The van der Waals surface area contributed by atoms with E-state index in [1.165, 1.54) is 42.5 Å². The van der Waals surface area contributed by atoms with Gasteiger partial charge in [-0.05, 0) is 54.6 Å². The lowest BCUT2D eigenvalue weighted by atomic mass is 10.2. The Hall–Kier alpha value is -2.90. The number of rotatable bonds is 5. The number of anilines is 2. The third kappa shape index (κ3) is 4.64. The van der Waals surface area contributed by atoms with Crippen molar-refractivity contribution in [3.05, 3.63) is 89.2 Å². The van der Waals surface area contributed by atoms with Gasteiger partial charge in [-0.15, -0.1) is 0 Å². The molecule has 0 spiro atoms. The van der Waals surface area contributed by atoms with Crippen molar-refractivity contribution >= 4 is 38.9 Å². The van der Waals surface area contributed by atoms with Gasteiger partial charge in [0, 0.05) is 5.69 Å². The van der Waals surface area contributed by atoms with Crippen LogP contribution in [0, 0.1) is 5.82 Å². The molecule has 0 aliphatic carbocycles. The lowest BCUT2D eigenvalue weighted by Crippen LogP contribution is -2.14. The largest absolute Gasteiger partial charge is 0.322 e. The summed E-state index contributed by atoms with van der Waals surface area (Å²) >= 11 is 5.98. The second-order valence-electron chi connectivity index (χ2n) is 5.57. The predicted octanol–water partition coefficient (Wildman–Crippen LogP) is 4.53. The summed E-state index contributed by atoms with van der Waals surface area (Å²) in [5, 5.41) is 2.96. The molecule has 3 aromatic rings. The van der Waals surface area contributed by atoms with Crippen LogP contribution in [0.5, 0.6) is 0 Å². The van der Waals surface area contributed by atoms with Gasteiger partial charge in [0.15, 0.2) is 0 Å². The maximum Gasteiger partial charge on any atom is 0.261 e. The van der Waals surface area contributed by atoms with E-state index in [1.54, 1.807) is 24.3 Å². The van der Waals surface area contributed by atoms with E-state index < -0.39 is 21.7 Å². The quantitative estimate of drug-likeness (QED) is 0.655. The second kappa shape index (κ2) is 7.77. The summed E-state index contributed by atoms with van der Waals surface area (Å²) in [6.45, 7) is 0. The average molecular weight is 405 g/mol. The number of carbonyl (C=O) groups is 1. The Bertz CT molecular complexity index is 1090. The van der Waals surface area contributed by atoms with Crippen molar-refractivity contribution in [3.63, 3.8) is 0 Å². The molecule has 0 aliphatic heterocycles. The van der Waals surface area contributed by atoms with Crippen LogP contribution >= 0.6 is 11.6 Å². The highest BCUT2D eigenvalue weighted by Gasteiger charge is 2.15. The van der Waals surface area contributed by atoms with E-state index in [0.717, 1.165) is 6.07 Å². The van der Waals surface area contributed by atoms with Crippen molar-refractivity contribution < 1.29 is 17.6 Å². The van der Waals surface area contributed by atoms with Crippen LogP contribution < -0.4 is 10.0 Å². The summed E-state index contributed by atoms with van der Waals surface area (Å²) in [5.41, 5.74) is 0.833. The third-order valence-corrected chi connectivity index (χ3v) is 5.34. The number of benzene rings is 3. The Kier molecular flexibility index (Phi) is 5.43. The van der Waals surface area contributed by atoms with Crippen LogP contribution in [0.4, 0.5) is 15.8 Å². The molecule has 0 saturated carbocycles. The van der Waals surface area contributed by atoms with Gasteiger partial charge in [-0.2, -0.15) is 0 Å². The van der Waals surface area contributed by atoms with Crippen LogP contribution in [0.25, 0.3) is 0 Å². The van der Waals surface area contributed by atoms with Gasteiger partial charge < -0.3 is 5.32 Å². The number of hydrogen-bond donors (Lipinski definition) is 2. The molecule has 5 nitrogen and oxygen atoms in total. The van der Waals surface area contributed by atoms with Crippen molar-refractivity contribution in [3.8, 4) is 0 Å². The first-order valence-corrected chi connectivity index (χ1v) is 9.65. The van der Waals surface area contributed by atoms with Crippen LogP contribution in [0.3, 0.4) is 0 Å². The maximum atomic E-state index is 13.2. The van der Waals surface area contributed by atoms with Crippen molar-refractivity contribution in [2.75, 3.05) is 10.0 Å². The van der Waals surface area contributed by atoms with Crippen LogP contribution in [0.1, 0.15) is 10.4 Å². The van der Waals surface area contributed by atoms with E-state index >= 15 is 0 Å². The number of carbonyl (C=O) groups excluding carboxylic acids is 1. The lowest BCUT2D eigenvalue weighted by Gasteiger charge is -2.10. The van der Waals surface area contributed by atoms with E-state index in [-0.39, 0.29) is 10.6 Å². The van der Waals surface area contributed by atoms with Gasteiger partial charge in [0.1, 0.15) is 5.82 Å². The summed E-state index contributed by atoms with van der Waals surface area (Å²) < 4.78 is 40.2. The first-order valence-electron chi connectivity index (χ1n) is 7.79. The van der Waals surface area contributed by atoms with E-state index in [4.69, 9.17) is 11.6 Å². The van der Waals surface area contributed by atoms with Crippen molar-refractivity contribution in [2.45, 2.75) is 4.90 Å². The standard InChI is InChI=1S/C19H14ClFN2O3S/c20-18-7-2-1-6-17(18)19(24)22-14-8-10-16(11-9-14)27(25,26)23-15-5-3-4-13(21)12-15/h1-12,23H,(H,22,24). The lowest BCUT2D eigenvalue weighted by molar-refractivity contribution is 0.102. The molecule has 8 heteroatoms. The van der Waals surface area contributed by atoms with Gasteiger partial charge in [0.05, 0.1) is 21.2 Å². The maximum absolute atomic E-state index is 13.2. The number of nitrogens with one attached hydrogen (secondary N) is 2. The molecule has 0 saturated heterocycles. The van der Waals surface area contributed by atoms with E-state index in [2.05, 4.69) is 10.0 Å². The van der Waals surface area contributed by atoms with E-state index in [0.29, 0.717) is 16.3 Å². The SMILES string of the molecule is O=C(Nc1ccc(S(=O)(=O)Nc2cccc(F)c2)cc1)c1ccccc1Cl. The Morgan fingerprint density at radius 1 is 0.889 bits per heavy atom. The summed E-state index contributed by atoms with van der Waals surface area (Å²) in [4.78, 5) is 12.2. The Morgan fingerprint density at radius 2 is 1.59 bits per heavy atom. The molecule has 0 aliphatic rings. The minimum absolute atomic E-state index is 0.0255. The molecule has 138 valence electrons. The molecule has 0 atom stereocenters. The molecule has 0 unspecified atom stereocenters. The minimum atomic E-state index is -3.88. The van der Waals surface area contributed by atoms with Crippen LogP contribution in [-0.4, -0.2) is 14.3 Å². The van der Waals surface area contributed by atoms with Gasteiger partial charge in [-0.25, -0.2) is 12.8 Å². The molecule has 1 amide bonds. The zero-order chi connectivity index (χ0) is 19.4. The number of sulfonamides is 1. The highest BCUT2D eigenvalue weighted by Crippen LogP contribution is 2.20. The highest BCUT2D eigenvalue weighted by molar-refractivity contribution is 7.92. The molecular weight excluding hydrogens is 391 g/mol. The average Bonchev–Trinajstić information content (AvgIpc) is 2.62. The van der Waals surface area contributed by atoms with Crippen LogP contribution in [0.2, 0.25) is 5.02 Å². The molecule has 2 N–H and O–H groups in total. The van der Waals surface area contributed by atoms with Gasteiger partial charge in [0.2, 0.25) is 0 Å². The fourth-order valence-electron chi connectivity index (χ4n) is 2.33. The molecule has 0 heterocycles. The fraction of sp³-hybridized carbons (Fsp3) is 0. The van der Waals surface area contributed by atoms with Crippen molar-refractivity contribution in [1.29, 1.82) is 0 Å². The summed E-state index contributed by atoms with van der Waals surface area (Å²) in [5.74, 6) is -0.957. The summed E-state index contributed by atoms with van der Waals surface area (Å²) in [6, 6.07) is 17.3. The third-order valence-electron chi connectivity index (χ3n) is 3.62. The predicted molar refractivity (Wildman–Crippen MR) is 103 cm³/mol. The molecule has 0 bridgehead atoms.